The number of aromatic nitrogens is 2. The van der Waals surface area contributed by atoms with Crippen molar-refractivity contribution in [1.29, 1.82) is 0 Å². The predicted molar refractivity (Wildman–Crippen MR) is 109 cm³/mol. The molecule has 0 radical (unpaired) electrons. The molecule has 0 bridgehead atoms. The van der Waals surface area contributed by atoms with Crippen molar-refractivity contribution in [3.63, 3.8) is 0 Å². The zero-order valence-corrected chi connectivity index (χ0v) is 15.9. The van der Waals surface area contributed by atoms with Gasteiger partial charge in [0.2, 0.25) is 5.95 Å². The monoisotopic (exact) mass is 346 g/mol. The molecule has 0 saturated heterocycles. The number of aryl methyl sites for hydroxylation is 2. The van der Waals surface area contributed by atoms with Crippen molar-refractivity contribution in [2.24, 2.45) is 0 Å². The largest absolute Gasteiger partial charge is 0.348 e. The highest BCUT2D eigenvalue weighted by Crippen LogP contribution is 2.26. The van der Waals surface area contributed by atoms with Crippen LogP contribution >= 0.6 is 0 Å². The Morgan fingerprint density at radius 2 is 1.73 bits per heavy atom. The Hall–Kier alpha value is -2.88. The zero-order valence-electron chi connectivity index (χ0n) is 15.9. The van der Waals surface area contributed by atoms with E-state index in [0.29, 0.717) is 5.95 Å². The van der Waals surface area contributed by atoms with Crippen LogP contribution in [0.15, 0.2) is 60.7 Å². The highest BCUT2D eigenvalue weighted by molar-refractivity contribution is 5.62. The van der Waals surface area contributed by atoms with Crippen molar-refractivity contribution in [3.8, 4) is 0 Å². The van der Waals surface area contributed by atoms with E-state index in [1.165, 1.54) is 11.1 Å². The second-order valence-corrected chi connectivity index (χ2v) is 6.55. The SMILES string of the molecule is CCN(c1cccc(C)c1)c1cc(C)nc(NC(C)c2ccccc2)n1. The molecule has 0 aliphatic carbocycles. The lowest BCUT2D eigenvalue weighted by molar-refractivity contribution is 0.852. The standard InChI is InChI=1S/C22H26N4/c1-5-26(20-13-9-10-16(2)14-20)21-15-17(3)23-22(25-21)24-18(4)19-11-7-6-8-12-19/h6-15,18H,5H2,1-4H3,(H,23,24,25). The molecule has 1 atom stereocenters. The highest BCUT2D eigenvalue weighted by atomic mass is 15.2. The van der Waals surface area contributed by atoms with Crippen LogP contribution in [0.3, 0.4) is 0 Å². The molecule has 0 saturated carbocycles. The maximum Gasteiger partial charge on any atom is 0.225 e. The van der Waals surface area contributed by atoms with Gasteiger partial charge in [-0.2, -0.15) is 4.98 Å². The van der Waals surface area contributed by atoms with Crippen molar-refractivity contribution < 1.29 is 0 Å². The van der Waals surface area contributed by atoms with Gasteiger partial charge >= 0.3 is 0 Å². The molecule has 0 fully saturated rings. The summed E-state index contributed by atoms with van der Waals surface area (Å²) >= 11 is 0. The van der Waals surface area contributed by atoms with Gasteiger partial charge in [0.15, 0.2) is 0 Å². The minimum Gasteiger partial charge on any atom is -0.348 e. The lowest BCUT2D eigenvalue weighted by atomic mass is 10.1. The summed E-state index contributed by atoms with van der Waals surface area (Å²) in [5.74, 6) is 1.57. The molecule has 3 rings (SSSR count). The fraction of sp³-hybridized carbons (Fsp3) is 0.273. The first-order valence-corrected chi connectivity index (χ1v) is 9.08. The van der Waals surface area contributed by atoms with Crippen molar-refractivity contribution in [1.82, 2.24) is 9.97 Å². The van der Waals surface area contributed by atoms with E-state index in [0.717, 1.165) is 23.7 Å². The first kappa shape index (κ1) is 17.9. The van der Waals surface area contributed by atoms with E-state index >= 15 is 0 Å². The van der Waals surface area contributed by atoms with E-state index < -0.39 is 0 Å². The van der Waals surface area contributed by atoms with Crippen LogP contribution in [0.4, 0.5) is 17.5 Å². The van der Waals surface area contributed by atoms with Crippen molar-refractivity contribution in [2.75, 3.05) is 16.8 Å². The molecule has 0 spiro atoms. The average molecular weight is 346 g/mol. The summed E-state index contributed by atoms with van der Waals surface area (Å²) < 4.78 is 0. The molecule has 26 heavy (non-hydrogen) atoms. The molecular weight excluding hydrogens is 320 g/mol. The smallest absolute Gasteiger partial charge is 0.225 e. The molecule has 3 aromatic rings. The van der Waals surface area contributed by atoms with Crippen LogP contribution in [-0.2, 0) is 0 Å². The van der Waals surface area contributed by atoms with Gasteiger partial charge in [-0.1, -0.05) is 42.5 Å². The summed E-state index contributed by atoms with van der Waals surface area (Å²) in [7, 11) is 0. The number of nitrogens with zero attached hydrogens (tertiary/aromatic N) is 3. The van der Waals surface area contributed by atoms with Crippen LogP contribution in [0.25, 0.3) is 0 Å². The Labute approximate surface area is 155 Å². The summed E-state index contributed by atoms with van der Waals surface area (Å²) in [6, 6.07) is 21.0. The highest BCUT2D eigenvalue weighted by Gasteiger charge is 2.13. The van der Waals surface area contributed by atoms with Crippen LogP contribution in [0.1, 0.15) is 36.7 Å². The van der Waals surface area contributed by atoms with Gasteiger partial charge in [0.05, 0.1) is 6.04 Å². The topological polar surface area (TPSA) is 41.1 Å². The second-order valence-electron chi connectivity index (χ2n) is 6.55. The lowest BCUT2D eigenvalue weighted by Crippen LogP contribution is -2.19. The number of nitrogens with one attached hydrogen (secondary N) is 1. The van der Waals surface area contributed by atoms with Gasteiger partial charge in [-0.25, -0.2) is 4.98 Å². The third-order valence-corrected chi connectivity index (χ3v) is 4.39. The maximum absolute atomic E-state index is 4.78. The fourth-order valence-electron chi connectivity index (χ4n) is 3.05. The predicted octanol–water partition coefficient (Wildman–Crippen LogP) is 5.42. The number of hydrogen-bond donors (Lipinski definition) is 1. The van der Waals surface area contributed by atoms with Gasteiger partial charge in [0.25, 0.3) is 0 Å². The molecule has 4 nitrogen and oxygen atoms in total. The average Bonchev–Trinajstić information content (AvgIpc) is 2.63. The van der Waals surface area contributed by atoms with Gasteiger partial charge in [0.1, 0.15) is 5.82 Å². The third kappa shape index (κ3) is 4.20. The Bertz CT molecular complexity index is 861. The van der Waals surface area contributed by atoms with Crippen LogP contribution in [0, 0.1) is 13.8 Å². The molecule has 1 N–H and O–H groups in total. The van der Waals surface area contributed by atoms with Gasteiger partial charge < -0.3 is 10.2 Å². The van der Waals surface area contributed by atoms with E-state index in [4.69, 9.17) is 4.98 Å². The molecule has 134 valence electrons. The summed E-state index contributed by atoms with van der Waals surface area (Å²) in [5, 5.41) is 3.43. The normalized spacial score (nSPS) is 11.8. The number of benzene rings is 2. The molecule has 0 amide bonds. The van der Waals surface area contributed by atoms with Gasteiger partial charge in [0, 0.05) is 24.0 Å². The van der Waals surface area contributed by atoms with Crippen LogP contribution in [0.2, 0.25) is 0 Å². The first-order valence-electron chi connectivity index (χ1n) is 9.08. The Morgan fingerprint density at radius 1 is 0.962 bits per heavy atom. The lowest BCUT2D eigenvalue weighted by Gasteiger charge is -2.24. The molecule has 1 aromatic heterocycles. The third-order valence-electron chi connectivity index (χ3n) is 4.39. The molecule has 1 heterocycles. The minimum atomic E-state index is 0.139. The first-order chi connectivity index (χ1) is 12.6. The number of rotatable bonds is 6. The summed E-state index contributed by atoms with van der Waals surface area (Å²) in [4.78, 5) is 11.6. The van der Waals surface area contributed by atoms with E-state index in [1.54, 1.807) is 0 Å². The summed E-state index contributed by atoms with van der Waals surface area (Å²) in [6.45, 7) is 9.22. The number of anilines is 3. The van der Waals surface area contributed by atoms with E-state index in [1.807, 2.05) is 31.2 Å². The molecule has 0 aliphatic rings. The second kappa shape index (κ2) is 8.00. The number of hydrogen-bond acceptors (Lipinski definition) is 4. The Kier molecular flexibility index (Phi) is 5.52. The van der Waals surface area contributed by atoms with E-state index in [-0.39, 0.29) is 6.04 Å². The minimum absolute atomic E-state index is 0.139. The fourth-order valence-corrected chi connectivity index (χ4v) is 3.05. The molecule has 2 aromatic carbocycles. The van der Waals surface area contributed by atoms with Crippen LogP contribution in [0.5, 0.6) is 0 Å². The van der Waals surface area contributed by atoms with Crippen molar-refractivity contribution in [2.45, 2.75) is 33.7 Å². The summed E-state index contributed by atoms with van der Waals surface area (Å²) in [6.07, 6.45) is 0. The van der Waals surface area contributed by atoms with Crippen molar-refractivity contribution >= 4 is 17.5 Å². The molecular formula is C22H26N4. The van der Waals surface area contributed by atoms with Gasteiger partial charge in [-0.3, -0.25) is 0 Å². The molecule has 1 unspecified atom stereocenters. The Morgan fingerprint density at radius 3 is 2.42 bits per heavy atom. The van der Waals surface area contributed by atoms with Crippen LogP contribution < -0.4 is 10.2 Å². The van der Waals surface area contributed by atoms with E-state index in [9.17, 15) is 0 Å². The Balaban J connectivity index is 1.89. The molecule has 0 aliphatic heterocycles. The van der Waals surface area contributed by atoms with Crippen LogP contribution in [-0.4, -0.2) is 16.5 Å². The van der Waals surface area contributed by atoms with Gasteiger partial charge in [-0.05, 0) is 51.0 Å². The quantitative estimate of drug-likeness (QED) is 0.646. The molecule has 4 heteroatoms. The maximum atomic E-state index is 4.78. The van der Waals surface area contributed by atoms with Gasteiger partial charge in [-0.15, -0.1) is 0 Å². The van der Waals surface area contributed by atoms with E-state index in [2.05, 4.69) is 72.4 Å². The summed E-state index contributed by atoms with van der Waals surface area (Å²) in [5.41, 5.74) is 4.55. The van der Waals surface area contributed by atoms with Crippen molar-refractivity contribution in [3.05, 3.63) is 77.5 Å². The zero-order chi connectivity index (χ0) is 18.5.